The molecule has 0 aromatic heterocycles. The van der Waals surface area contributed by atoms with Crippen LogP contribution in [0.25, 0.3) is 11.6 Å². The summed E-state index contributed by atoms with van der Waals surface area (Å²) < 4.78 is 10.3. The van der Waals surface area contributed by atoms with Crippen molar-refractivity contribution in [2.24, 2.45) is 0 Å². The highest BCUT2D eigenvalue weighted by molar-refractivity contribution is 5.87. The van der Waals surface area contributed by atoms with Gasteiger partial charge in [-0.25, -0.2) is 4.79 Å². The average molecular weight is 392 g/mol. The van der Waals surface area contributed by atoms with Gasteiger partial charge in [0, 0.05) is 12.6 Å². The summed E-state index contributed by atoms with van der Waals surface area (Å²) in [4.78, 5) is 14.1. The highest BCUT2D eigenvalue weighted by Gasteiger charge is 2.12. The van der Waals surface area contributed by atoms with Crippen molar-refractivity contribution >= 4 is 17.6 Å². The van der Waals surface area contributed by atoms with Gasteiger partial charge in [0.2, 0.25) is 0 Å². The first kappa shape index (κ1) is 20.9. The van der Waals surface area contributed by atoms with Crippen LogP contribution in [0, 0.1) is 0 Å². The molecular weight excluding hydrogens is 362 g/mol. The van der Waals surface area contributed by atoms with Gasteiger partial charge in [-0.05, 0) is 79.4 Å². The molecule has 152 valence electrons. The zero-order chi connectivity index (χ0) is 20.5. The summed E-state index contributed by atoms with van der Waals surface area (Å²) in [6.45, 7) is 5.44. The Bertz CT molecular complexity index is 862. The van der Waals surface area contributed by atoms with Gasteiger partial charge in [0.05, 0.1) is 13.7 Å². The number of likely N-dealkylation sites (tertiary alicyclic amines) is 1. The number of carbonyl (C=O) groups excluding carboxylic acids is 1. The van der Waals surface area contributed by atoms with Crippen molar-refractivity contribution < 1.29 is 14.3 Å². The third-order valence-electron chi connectivity index (χ3n) is 5.05. The SMILES string of the molecule is CCOC(=O)/C=C/c1cccc(/C(=C\CN2CCCC2)c2ccc(OC)cc2)c1. The number of esters is 1. The van der Waals surface area contributed by atoms with Crippen LogP contribution in [-0.2, 0) is 9.53 Å². The molecule has 29 heavy (non-hydrogen) atoms. The molecule has 0 unspecified atom stereocenters. The Morgan fingerprint density at radius 2 is 1.83 bits per heavy atom. The monoisotopic (exact) mass is 391 g/mol. The van der Waals surface area contributed by atoms with Gasteiger partial charge in [-0.3, -0.25) is 4.90 Å². The van der Waals surface area contributed by atoms with Gasteiger partial charge in [-0.15, -0.1) is 0 Å². The largest absolute Gasteiger partial charge is 0.497 e. The summed E-state index contributed by atoms with van der Waals surface area (Å²) in [5.41, 5.74) is 4.43. The first-order valence-corrected chi connectivity index (χ1v) is 10.2. The number of benzene rings is 2. The summed E-state index contributed by atoms with van der Waals surface area (Å²) in [5, 5.41) is 0. The molecule has 0 saturated carbocycles. The number of hydrogen-bond acceptors (Lipinski definition) is 4. The van der Waals surface area contributed by atoms with Gasteiger partial charge in [0.25, 0.3) is 0 Å². The van der Waals surface area contributed by atoms with E-state index in [2.05, 4.69) is 35.2 Å². The highest BCUT2D eigenvalue weighted by atomic mass is 16.5. The smallest absolute Gasteiger partial charge is 0.330 e. The Labute approximate surface area is 173 Å². The van der Waals surface area contributed by atoms with Gasteiger partial charge in [-0.2, -0.15) is 0 Å². The van der Waals surface area contributed by atoms with E-state index in [1.54, 1.807) is 20.1 Å². The number of hydrogen-bond donors (Lipinski definition) is 0. The Kier molecular flexibility index (Phi) is 7.65. The van der Waals surface area contributed by atoms with Gasteiger partial charge >= 0.3 is 5.97 Å². The molecule has 2 aromatic carbocycles. The lowest BCUT2D eigenvalue weighted by molar-refractivity contribution is -0.137. The predicted molar refractivity (Wildman–Crippen MR) is 118 cm³/mol. The fourth-order valence-electron chi connectivity index (χ4n) is 3.52. The van der Waals surface area contributed by atoms with Crippen LogP contribution in [-0.4, -0.2) is 44.2 Å². The highest BCUT2D eigenvalue weighted by Crippen LogP contribution is 2.27. The molecule has 4 heteroatoms. The van der Waals surface area contributed by atoms with E-state index in [0.29, 0.717) is 6.61 Å². The molecule has 0 aliphatic carbocycles. The maximum absolute atomic E-state index is 11.6. The van der Waals surface area contributed by atoms with E-state index in [-0.39, 0.29) is 5.97 Å². The molecule has 0 bridgehead atoms. The topological polar surface area (TPSA) is 38.8 Å². The summed E-state index contributed by atoms with van der Waals surface area (Å²) in [6, 6.07) is 16.4. The molecule has 0 radical (unpaired) electrons. The van der Waals surface area contributed by atoms with Crippen molar-refractivity contribution in [2.75, 3.05) is 33.4 Å². The van der Waals surface area contributed by atoms with Gasteiger partial charge in [-0.1, -0.05) is 36.4 Å². The second-order valence-corrected chi connectivity index (χ2v) is 7.06. The molecule has 1 aliphatic rings. The predicted octanol–water partition coefficient (Wildman–Crippen LogP) is 4.80. The number of rotatable bonds is 8. The second kappa shape index (κ2) is 10.6. The van der Waals surface area contributed by atoms with E-state index in [1.165, 1.54) is 24.5 Å². The molecule has 2 aromatic rings. The van der Waals surface area contributed by atoms with Crippen LogP contribution in [0.3, 0.4) is 0 Å². The first-order valence-electron chi connectivity index (χ1n) is 10.2. The summed E-state index contributed by atoms with van der Waals surface area (Å²) in [7, 11) is 1.68. The number of ether oxygens (including phenoxy) is 2. The zero-order valence-electron chi connectivity index (χ0n) is 17.3. The molecule has 0 spiro atoms. The summed E-state index contributed by atoms with van der Waals surface area (Å²) >= 11 is 0. The molecule has 4 nitrogen and oxygen atoms in total. The third-order valence-corrected chi connectivity index (χ3v) is 5.05. The van der Waals surface area contributed by atoms with Crippen LogP contribution in [0.5, 0.6) is 5.75 Å². The summed E-state index contributed by atoms with van der Waals surface area (Å²) in [6.07, 6.45) is 8.14. The molecule has 1 saturated heterocycles. The lowest BCUT2D eigenvalue weighted by Gasteiger charge is -2.15. The minimum absolute atomic E-state index is 0.321. The summed E-state index contributed by atoms with van der Waals surface area (Å²) in [5.74, 6) is 0.525. The van der Waals surface area contributed by atoms with Crippen LogP contribution in [0.1, 0.15) is 36.5 Å². The minimum Gasteiger partial charge on any atom is -0.497 e. The van der Waals surface area contributed by atoms with Crippen LogP contribution in [0.4, 0.5) is 0 Å². The van der Waals surface area contributed by atoms with Crippen molar-refractivity contribution in [2.45, 2.75) is 19.8 Å². The molecule has 1 heterocycles. The van der Waals surface area contributed by atoms with Crippen LogP contribution in [0.15, 0.2) is 60.7 Å². The normalized spacial score (nSPS) is 15.0. The van der Waals surface area contributed by atoms with E-state index in [0.717, 1.165) is 42.1 Å². The van der Waals surface area contributed by atoms with E-state index in [1.807, 2.05) is 24.3 Å². The maximum atomic E-state index is 11.6. The molecule has 3 rings (SSSR count). The Morgan fingerprint density at radius 1 is 1.07 bits per heavy atom. The van der Waals surface area contributed by atoms with Crippen LogP contribution >= 0.6 is 0 Å². The maximum Gasteiger partial charge on any atom is 0.330 e. The average Bonchev–Trinajstić information content (AvgIpc) is 3.27. The van der Waals surface area contributed by atoms with Crippen molar-refractivity contribution in [3.8, 4) is 5.75 Å². The van der Waals surface area contributed by atoms with Crippen molar-refractivity contribution in [3.63, 3.8) is 0 Å². The second-order valence-electron chi connectivity index (χ2n) is 7.06. The minimum atomic E-state index is -0.321. The van der Waals surface area contributed by atoms with E-state index >= 15 is 0 Å². The Balaban J connectivity index is 1.89. The quantitative estimate of drug-likeness (QED) is 0.479. The van der Waals surface area contributed by atoms with Crippen LogP contribution < -0.4 is 4.74 Å². The molecule has 1 fully saturated rings. The van der Waals surface area contributed by atoms with Gasteiger partial charge in [0.1, 0.15) is 5.75 Å². The standard InChI is InChI=1S/C25H29NO3/c1-3-29-25(27)14-9-20-7-6-8-22(19-20)24(15-18-26-16-4-5-17-26)21-10-12-23(28-2)13-11-21/h6-15,19H,3-5,16-18H2,1-2H3/b14-9+,24-15-. The van der Waals surface area contributed by atoms with Crippen LogP contribution in [0.2, 0.25) is 0 Å². The zero-order valence-corrected chi connectivity index (χ0v) is 17.3. The molecular formula is C25H29NO3. The first-order chi connectivity index (χ1) is 14.2. The van der Waals surface area contributed by atoms with E-state index in [9.17, 15) is 4.79 Å². The number of methoxy groups -OCH3 is 1. The van der Waals surface area contributed by atoms with Crippen molar-refractivity contribution in [3.05, 3.63) is 77.4 Å². The lowest BCUT2D eigenvalue weighted by Crippen LogP contribution is -2.19. The molecule has 0 atom stereocenters. The Morgan fingerprint density at radius 3 is 2.52 bits per heavy atom. The van der Waals surface area contributed by atoms with Crippen molar-refractivity contribution in [1.29, 1.82) is 0 Å². The fourth-order valence-corrected chi connectivity index (χ4v) is 3.52. The number of carbonyl (C=O) groups is 1. The number of nitrogens with zero attached hydrogens (tertiary/aromatic N) is 1. The molecule has 0 N–H and O–H groups in total. The van der Waals surface area contributed by atoms with Crippen molar-refractivity contribution in [1.82, 2.24) is 4.90 Å². The van der Waals surface area contributed by atoms with Gasteiger partial charge in [0.15, 0.2) is 0 Å². The van der Waals surface area contributed by atoms with Gasteiger partial charge < -0.3 is 9.47 Å². The molecule has 0 amide bonds. The van der Waals surface area contributed by atoms with E-state index < -0.39 is 0 Å². The lowest BCUT2D eigenvalue weighted by atomic mass is 9.95. The molecule has 1 aliphatic heterocycles. The third kappa shape index (κ3) is 6.06. The van der Waals surface area contributed by atoms with E-state index in [4.69, 9.17) is 9.47 Å². The Hall–Kier alpha value is -2.85. The fraction of sp³-hybridized carbons (Fsp3) is 0.320.